The molecule has 2 heterocycles. The Morgan fingerprint density at radius 1 is 1.09 bits per heavy atom. The van der Waals surface area contributed by atoms with Crippen LogP contribution in [-0.2, 0) is 22.6 Å². The van der Waals surface area contributed by atoms with Gasteiger partial charge in [0.25, 0.3) is 0 Å². The number of aromatic nitrogens is 1. The minimum atomic E-state index is -0.997. The van der Waals surface area contributed by atoms with Crippen LogP contribution in [0.1, 0.15) is 43.0 Å². The molecule has 1 aliphatic rings. The van der Waals surface area contributed by atoms with Gasteiger partial charge in [0.2, 0.25) is 11.8 Å². The fourth-order valence-electron chi connectivity index (χ4n) is 3.98. The fraction of sp³-hybridized carbons (Fsp3) is 0.458. The van der Waals surface area contributed by atoms with Crippen molar-refractivity contribution in [1.29, 1.82) is 0 Å². The Balaban J connectivity index is 1.72. The summed E-state index contributed by atoms with van der Waals surface area (Å²) in [6.07, 6.45) is 3.24. The summed E-state index contributed by atoms with van der Waals surface area (Å²) < 4.78 is 27.1. The molecule has 0 spiro atoms. The fourth-order valence-corrected chi connectivity index (χ4v) is 3.98. The number of hydrogen-bond donors (Lipinski definition) is 3. The normalized spacial score (nSPS) is 16.1. The molecule has 2 amide bonds. The topological polar surface area (TPSA) is 100 Å². The van der Waals surface area contributed by atoms with Gasteiger partial charge in [-0.3, -0.25) is 14.5 Å². The van der Waals surface area contributed by atoms with Gasteiger partial charge in [-0.15, -0.1) is 0 Å². The van der Waals surface area contributed by atoms with Crippen LogP contribution in [-0.4, -0.2) is 46.9 Å². The number of nitrogens with two attached hydrogens (primary N) is 1. The number of hydrogen-bond acceptors (Lipinski definition) is 5. The molecular formula is C24H31F2N5O2. The molecule has 1 fully saturated rings. The van der Waals surface area contributed by atoms with Gasteiger partial charge in [-0.1, -0.05) is 18.6 Å². The lowest BCUT2D eigenvalue weighted by atomic mass is 10.0. The predicted octanol–water partition coefficient (Wildman–Crippen LogP) is 2.47. The van der Waals surface area contributed by atoms with Gasteiger partial charge in [0, 0.05) is 18.7 Å². The van der Waals surface area contributed by atoms with Crippen molar-refractivity contribution in [1.82, 2.24) is 20.5 Å². The second-order valence-corrected chi connectivity index (χ2v) is 8.48. The summed E-state index contributed by atoms with van der Waals surface area (Å²) in [6, 6.07) is 5.55. The van der Waals surface area contributed by atoms with E-state index >= 15 is 0 Å². The van der Waals surface area contributed by atoms with Gasteiger partial charge in [0.05, 0.1) is 6.04 Å². The Bertz CT molecular complexity index is 995. The minimum Gasteiger partial charge on any atom is -0.384 e. The first-order valence-corrected chi connectivity index (χ1v) is 11.2. The van der Waals surface area contributed by atoms with E-state index in [1.807, 2.05) is 6.92 Å². The zero-order valence-corrected chi connectivity index (χ0v) is 19.0. The molecule has 9 heteroatoms. The SMILES string of the molecule is Cc1nc(N)ccc1CNC(=O)[C@H](Cc1ccc(F)c(F)c1)NC(=O)[C@H](C)N1CCCCC1. The highest BCUT2D eigenvalue weighted by atomic mass is 19.2. The molecule has 3 rings (SSSR count). The number of halogens is 2. The zero-order chi connectivity index (χ0) is 24.0. The molecule has 0 aliphatic carbocycles. The van der Waals surface area contributed by atoms with Gasteiger partial charge < -0.3 is 16.4 Å². The number of aryl methyl sites for hydroxylation is 1. The second kappa shape index (κ2) is 11.2. The molecule has 0 radical (unpaired) electrons. The first kappa shape index (κ1) is 24.6. The Morgan fingerprint density at radius 3 is 2.48 bits per heavy atom. The smallest absolute Gasteiger partial charge is 0.243 e. The van der Waals surface area contributed by atoms with Crippen LogP contribution in [0.5, 0.6) is 0 Å². The van der Waals surface area contributed by atoms with Crippen LogP contribution >= 0.6 is 0 Å². The summed E-state index contributed by atoms with van der Waals surface area (Å²) in [5.41, 5.74) is 7.56. The number of likely N-dealkylation sites (tertiary alicyclic amines) is 1. The van der Waals surface area contributed by atoms with Crippen molar-refractivity contribution in [3.8, 4) is 0 Å². The van der Waals surface area contributed by atoms with E-state index in [0.29, 0.717) is 17.1 Å². The van der Waals surface area contributed by atoms with Gasteiger partial charge in [-0.25, -0.2) is 13.8 Å². The molecule has 4 N–H and O–H groups in total. The zero-order valence-electron chi connectivity index (χ0n) is 19.0. The van der Waals surface area contributed by atoms with Crippen LogP contribution < -0.4 is 16.4 Å². The molecule has 1 saturated heterocycles. The van der Waals surface area contributed by atoms with Crippen LogP contribution in [0, 0.1) is 18.6 Å². The van der Waals surface area contributed by atoms with Crippen LogP contribution in [0.15, 0.2) is 30.3 Å². The Morgan fingerprint density at radius 2 is 1.82 bits per heavy atom. The summed E-state index contributed by atoms with van der Waals surface area (Å²) in [5, 5.41) is 5.63. The number of anilines is 1. The number of nitrogens with one attached hydrogen (secondary N) is 2. The Labute approximate surface area is 192 Å². The lowest BCUT2D eigenvalue weighted by Crippen LogP contribution is -2.54. The average Bonchev–Trinajstić information content (AvgIpc) is 2.80. The van der Waals surface area contributed by atoms with Gasteiger partial charge in [0.15, 0.2) is 11.6 Å². The average molecular weight is 460 g/mol. The summed E-state index contributed by atoms with van der Waals surface area (Å²) >= 11 is 0. The van der Waals surface area contributed by atoms with Crippen LogP contribution in [0.4, 0.5) is 14.6 Å². The number of pyridine rings is 1. The predicted molar refractivity (Wildman–Crippen MR) is 122 cm³/mol. The molecule has 33 heavy (non-hydrogen) atoms. The van der Waals surface area contributed by atoms with Crippen molar-refractivity contribution in [2.24, 2.45) is 0 Å². The van der Waals surface area contributed by atoms with Crippen LogP contribution in [0.3, 0.4) is 0 Å². The van der Waals surface area contributed by atoms with E-state index in [1.165, 1.54) is 6.07 Å². The standard InChI is InChI=1S/C24H31F2N5O2/c1-15-18(7-9-22(27)29-15)14-28-24(33)21(13-17-6-8-19(25)20(26)12-17)30-23(32)16(2)31-10-4-3-5-11-31/h6-9,12,16,21H,3-5,10-11,13-14H2,1-2H3,(H2,27,29)(H,28,33)(H,30,32)/t16-,21-/m0/s1. The number of nitrogen functional groups attached to an aromatic ring is 1. The van der Waals surface area contributed by atoms with Gasteiger partial charge >= 0.3 is 0 Å². The highest BCUT2D eigenvalue weighted by Gasteiger charge is 2.28. The third kappa shape index (κ3) is 6.71. The number of carbonyl (C=O) groups excluding carboxylic acids is 2. The van der Waals surface area contributed by atoms with Crippen molar-refractivity contribution in [2.45, 2.75) is 58.2 Å². The molecule has 1 aromatic carbocycles. The number of piperidine rings is 1. The summed E-state index contributed by atoms with van der Waals surface area (Å²) in [7, 11) is 0. The van der Waals surface area contributed by atoms with Gasteiger partial charge in [0.1, 0.15) is 11.9 Å². The maximum absolute atomic E-state index is 13.7. The Hall–Kier alpha value is -3.07. The first-order valence-electron chi connectivity index (χ1n) is 11.2. The lowest BCUT2D eigenvalue weighted by Gasteiger charge is -2.32. The number of amides is 2. The van der Waals surface area contributed by atoms with Crippen LogP contribution in [0.2, 0.25) is 0 Å². The molecule has 1 aliphatic heterocycles. The van der Waals surface area contributed by atoms with Gasteiger partial charge in [-0.05, 0) is 69.1 Å². The van der Waals surface area contributed by atoms with E-state index in [4.69, 9.17) is 5.73 Å². The van der Waals surface area contributed by atoms with E-state index in [-0.39, 0.29) is 18.9 Å². The molecule has 178 valence electrons. The van der Waals surface area contributed by atoms with E-state index in [9.17, 15) is 18.4 Å². The maximum Gasteiger partial charge on any atom is 0.243 e. The van der Waals surface area contributed by atoms with Crippen molar-refractivity contribution in [3.63, 3.8) is 0 Å². The second-order valence-electron chi connectivity index (χ2n) is 8.48. The number of carbonyl (C=O) groups is 2. The third-order valence-electron chi connectivity index (χ3n) is 6.04. The molecule has 0 unspecified atom stereocenters. The maximum atomic E-state index is 13.7. The quantitative estimate of drug-likeness (QED) is 0.563. The summed E-state index contributed by atoms with van der Waals surface area (Å²) in [5.74, 6) is -2.27. The van der Waals surface area contributed by atoms with E-state index in [2.05, 4.69) is 20.5 Å². The molecular weight excluding hydrogens is 428 g/mol. The number of nitrogens with zero attached hydrogens (tertiary/aromatic N) is 2. The van der Waals surface area contributed by atoms with Crippen molar-refractivity contribution >= 4 is 17.6 Å². The van der Waals surface area contributed by atoms with Crippen molar-refractivity contribution in [3.05, 3.63) is 58.8 Å². The molecule has 0 bridgehead atoms. The first-order chi connectivity index (χ1) is 15.7. The number of rotatable bonds is 8. The molecule has 2 atom stereocenters. The van der Waals surface area contributed by atoms with Gasteiger partial charge in [-0.2, -0.15) is 0 Å². The highest BCUT2D eigenvalue weighted by molar-refractivity contribution is 5.89. The highest BCUT2D eigenvalue weighted by Crippen LogP contribution is 2.14. The van der Waals surface area contributed by atoms with E-state index < -0.39 is 29.6 Å². The number of benzene rings is 1. The van der Waals surface area contributed by atoms with Crippen molar-refractivity contribution in [2.75, 3.05) is 18.8 Å². The third-order valence-corrected chi connectivity index (χ3v) is 6.04. The molecule has 7 nitrogen and oxygen atoms in total. The minimum absolute atomic E-state index is 0.0282. The van der Waals surface area contributed by atoms with E-state index in [1.54, 1.807) is 19.1 Å². The molecule has 2 aromatic rings. The van der Waals surface area contributed by atoms with E-state index in [0.717, 1.165) is 50.0 Å². The summed E-state index contributed by atoms with van der Waals surface area (Å²) in [6.45, 7) is 5.47. The molecule has 1 aromatic heterocycles. The monoisotopic (exact) mass is 459 g/mol. The van der Waals surface area contributed by atoms with Crippen LogP contribution in [0.25, 0.3) is 0 Å². The molecule has 0 saturated carbocycles. The largest absolute Gasteiger partial charge is 0.384 e. The summed E-state index contributed by atoms with van der Waals surface area (Å²) in [4.78, 5) is 32.2. The Kier molecular flexibility index (Phi) is 8.32. The lowest BCUT2D eigenvalue weighted by molar-refractivity contribution is -0.132. The van der Waals surface area contributed by atoms with Crippen molar-refractivity contribution < 1.29 is 18.4 Å².